The van der Waals surface area contributed by atoms with Crippen LogP contribution in [0.5, 0.6) is 0 Å². The molecule has 2 heteroatoms. The quantitative estimate of drug-likeness (QED) is 0.473. The summed E-state index contributed by atoms with van der Waals surface area (Å²) < 4.78 is 0. The number of halogens is 1. The Morgan fingerprint density at radius 3 is 3.25 bits per heavy atom. The summed E-state index contributed by atoms with van der Waals surface area (Å²) in [5.41, 5.74) is 0. The van der Waals surface area contributed by atoms with Crippen LogP contribution in [0, 0.1) is 11.8 Å². The highest BCUT2D eigenvalue weighted by Crippen LogP contribution is 2.53. The molecule has 2 aliphatic rings. The van der Waals surface area contributed by atoms with Crippen molar-refractivity contribution in [1.29, 1.82) is 0 Å². The Morgan fingerprint density at radius 1 is 1.83 bits per heavy atom. The van der Waals surface area contributed by atoms with Gasteiger partial charge in [-0.3, -0.25) is 4.79 Å². The summed E-state index contributed by atoms with van der Waals surface area (Å²) in [6, 6.07) is 0. The lowest BCUT2D eigenvalue weighted by atomic mass is 9.63. The second-order valence-electron chi connectivity index (χ2n) is 3.52. The van der Waals surface area contributed by atoms with E-state index in [1.807, 2.05) is 0 Å². The lowest BCUT2D eigenvalue weighted by Gasteiger charge is -2.45. The molecule has 0 aliphatic heterocycles. The van der Waals surface area contributed by atoms with Crippen LogP contribution in [0.2, 0.25) is 0 Å². The molecule has 0 aromatic heterocycles. The molecule has 1 nitrogen and oxygen atoms in total. The second-order valence-corrected chi connectivity index (χ2v) is 4.19. The Hall–Kier alpha value is -0.560. The van der Waals surface area contributed by atoms with Crippen LogP contribution in [-0.4, -0.2) is 10.7 Å². The first-order valence-corrected chi connectivity index (χ1v) is 4.58. The van der Waals surface area contributed by atoms with Gasteiger partial charge in [0, 0.05) is 11.8 Å². The van der Waals surface area contributed by atoms with Crippen molar-refractivity contribution >= 4 is 17.4 Å². The minimum Gasteiger partial charge on any atom is -0.297 e. The highest BCUT2D eigenvalue weighted by Gasteiger charge is 2.59. The van der Waals surface area contributed by atoms with Gasteiger partial charge in [0.15, 0.2) is 5.78 Å². The lowest BCUT2D eigenvalue weighted by Crippen LogP contribution is -2.57. The van der Waals surface area contributed by atoms with Crippen LogP contribution in [0.4, 0.5) is 0 Å². The standard InChI is InChI=1S/C10H11ClO/c1-2-6-10(11)8-5-3-4-7(8)9(10)12/h2-3,5,7-8H,1,4,6H2/t7-,8+,10+/m1/s1. The molecule has 0 N–H and O–H groups in total. The summed E-state index contributed by atoms with van der Waals surface area (Å²) in [5, 5.41) is 0. The molecule has 2 aliphatic carbocycles. The van der Waals surface area contributed by atoms with Crippen molar-refractivity contribution in [1.82, 2.24) is 0 Å². The van der Waals surface area contributed by atoms with Crippen LogP contribution in [0.25, 0.3) is 0 Å². The SMILES string of the molecule is C=CC[C@@]1(Cl)C(=O)[C@@H]2CC=C[C@@H]21. The van der Waals surface area contributed by atoms with Gasteiger partial charge in [0.25, 0.3) is 0 Å². The second kappa shape index (κ2) is 2.46. The number of hydrogen-bond donors (Lipinski definition) is 0. The molecule has 0 aromatic rings. The maximum Gasteiger partial charge on any atom is 0.158 e. The number of ketones is 1. The van der Waals surface area contributed by atoms with Crippen molar-refractivity contribution in [3.05, 3.63) is 24.8 Å². The molecule has 0 bridgehead atoms. The molecular weight excluding hydrogens is 172 g/mol. The normalized spacial score (nSPS) is 43.9. The number of fused-ring (bicyclic) bond motifs is 1. The van der Waals surface area contributed by atoms with Crippen molar-refractivity contribution in [2.24, 2.45) is 11.8 Å². The van der Waals surface area contributed by atoms with Gasteiger partial charge in [0.1, 0.15) is 4.87 Å². The van der Waals surface area contributed by atoms with Crippen molar-refractivity contribution in [3.8, 4) is 0 Å². The summed E-state index contributed by atoms with van der Waals surface area (Å²) in [4.78, 5) is 10.9. The van der Waals surface area contributed by atoms with Gasteiger partial charge in [-0.05, 0) is 12.8 Å². The zero-order valence-corrected chi connectivity index (χ0v) is 7.55. The minimum atomic E-state index is -0.639. The third kappa shape index (κ3) is 0.776. The van der Waals surface area contributed by atoms with E-state index in [1.54, 1.807) is 6.08 Å². The van der Waals surface area contributed by atoms with Gasteiger partial charge in [-0.1, -0.05) is 18.2 Å². The monoisotopic (exact) mass is 182 g/mol. The molecule has 0 saturated heterocycles. The molecule has 0 amide bonds. The van der Waals surface area contributed by atoms with Gasteiger partial charge in [-0.25, -0.2) is 0 Å². The zero-order valence-electron chi connectivity index (χ0n) is 6.79. The van der Waals surface area contributed by atoms with Crippen LogP contribution in [-0.2, 0) is 4.79 Å². The first-order chi connectivity index (χ1) is 5.70. The van der Waals surface area contributed by atoms with Crippen LogP contribution in [0.1, 0.15) is 12.8 Å². The molecule has 1 fully saturated rings. The van der Waals surface area contributed by atoms with Crippen LogP contribution >= 0.6 is 11.6 Å². The predicted molar refractivity (Wildman–Crippen MR) is 49.1 cm³/mol. The van der Waals surface area contributed by atoms with E-state index < -0.39 is 4.87 Å². The Labute approximate surface area is 77.1 Å². The summed E-state index contributed by atoms with van der Waals surface area (Å²) in [6.45, 7) is 3.62. The number of carbonyl (C=O) groups is 1. The van der Waals surface area contributed by atoms with E-state index in [4.69, 9.17) is 11.6 Å². The lowest BCUT2D eigenvalue weighted by molar-refractivity contribution is -0.136. The number of Topliss-reactive ketones (excluding diaryl/α,β-unsaturated/α-hetero) is 1. The van der Waals surface area contributed by atoms with Crippen molar-refractivity contribution < 1.29 is 4.79 Å². The smallest absolute Gasteiger partial charge is 0.158 e. The summed E-state index contributed by atoms with van der Waals surface area (Å²) >= 11 is 6.19. The van der Waals surface area contributed by atoms with Gasteiger partial charge in [0.2, 0.25) is 0 Å². The Morgan fingerprint density at radius 2 is 2.58 bits per heavy atom. The van der Waals surface area contributed by atoms with Crippen LogP contribution in [0.15, 0.2) is 24.8 Å². The third-order valence-corrected chi connectivity index (χ3v) is 3.48. The molecule has 3 atom stereocenters. The molecular formula is C10H11ClO. The predicted octanol–water partition coefficient (Wildman–Crippen LogP) is 2.32. The average Bonchev–Trinajstić information content (AvgIpc) is 2.49. The molecule has 0 aromatic carbocycles. The van der Waals surface area contributed by atoms with Crippen LogP contribution in [0.3, 0.4) is 0 Å². The number of carbonyl (C=O) groups excluding carboxylic acids is 1. The molecule has 0 heterocycles. The highest BCUT2D eigenvalue weighted by molar-refractivity contribution is 6.39. The average molecular weight is 183 g/mol. The van der Waals surface area contributed by atoms with Crippen molar-refractivity contribution in [2.45, 2.75) is 17.7 Å². The van der Waals surface area contributed by atoms with E-state index in [-0.39, 0.29) is 17.6 Å². The maximum atomic E-state index is 11.5. The summed E-state index contributed by atoms with van der Waals surface area (Å²) in [6.07, 6.45) is 7.34. The van der Waals surface area contributed by atoms with Gasteiger partial charge >= 0.3 is 0 Å². The largest absolute Gasteiger partial charge is 0.297 e. The summed E-state index contributed by atoms with van der Waals surface area (Å²) in [7, 11) is 0. The topological polar surface area (TPSA) is 17.1 Å². The van der Waals surface area contributed by atoms with E-state index in [9.17, 15) is 4.79 Å². The first kappa shape index (κ1) is 8.06. The van der Waals surface area contributed by atoms with E-state index >= 15 is 0 Å². The zero-order chi connectivity index (χ0) is 8.77. The molecule has 64 valence electrons. The van der Waals surface area contributed by atoms with E-state index in [2.05, 4.69) is 18.7 Å². The van der Waals surface area contributed by atoms with Crippen molar-refractivity contribution in [2.75, 3.05) is 0 Å². The Bertz CT molecular complexity index is 269. The molecule has 12 heavy (non-hydrogen) atoms. The minimum absolute atomic E-state index is 0.183. The fourth-order valence-corrected chi connectivity index (χ4v) is 2.69. The third-order valence-electron chi connectivity index (χ3n) is 2.88. The van der Waals surface area contributed by atoms with Gasteiger partial charge < -0.3 is 0 Å². The number of hydrogen-bond acceptors (Lipinski definition) is 1. The Balaban J connectivity index is 2.22. The number of allylic oxidation sites excluding steroid dienone is 3. The van der Waals surface area contributed by atoms with E-state index in [1.165, 1.54) is 0 Å². The molecule has 1 saturated carbocycles. The Kier molecular flexibility index (Phi) is 1.65. The number of alkyl halides is 1. The van der Waals surface area contributed by atoms with Gasteiger partial charge in [-0.15, -0.1) is 18.2 Å². The van der Waals surface area contributed by atoms with Crippen molar-refractivity contribution in [3.63, 3.8) is 0 Å². The van der Waals surface area contributed by atoms with E-state index in [0.717, 1.165) is 6.42 Å². The first-order valence-electron chi connectivity index (χ1n) is 4.21. The van der Waals surface area contributed by atoms with Gasteiger partial charge in [0.05, 0.1) is 0 Å². The van der Waals surface area contributed by atoms with Gasteiger partial charge in [-0.2, -0.15) is 0 Å². The summed E-state index contributed by atoms with van der Waals surface area (Å²) in [5.74, 6) is 0.659. The molecule has 2 rings (SSSR count). The van der Waals surface area contributed by atoms with Crippen LogP contribution < -0.4 is 0 Å². The maximum absolute atomic E-state index is 11.5. The molecule has 0 unspecified atom stereocenters. The molecule has 0 radical (unpaired) electrons. The van der Waals surface area contributed by atoms with E-state index in [0.29, 0.717) is 6.42 Å². The highest BCUT2D eigenvalue weighted by atomic mass is 35.5. The fourth-order valence-electron chi connectivity index (χ4n) is 2.22. The number of rotatable bonds is 2. The fraction of sp³-hybridized carbons (Fsp3) is 0.500. The molecule has 0 spiro atoms.